The van der Waals surface area contributed by atoms with E-state index in [1.165, 1.54) is 22.6 Å². The van der Waals surface area contributed by atoms with Crippen molar-refractivity contribution in [3.05, 3.63) is 76.2 Å². The molecule has 1 amide bonds. The first kappa shape index (κ1) is 20.9. The number of carbonyl (C=O) groups excluding carboxylic acids is 1. The maximum atomic E-state index is 12.2. The minimum Gasteiger partial charge on any atom is -0.486 e. The van der Waals surface area contributed by atoms with Gasteiger partial charge in [-0.15, -0.1) is 11.3 Å². The number of amides is 1. The zero-order valence-electron chi connectivity index (χ0n) is 16.9. The van der Waals surface area contributed by atoms with Gasteiger partial charge in [-0.3, -0.25) is 4.79 Å². The zero-order chi connectivity index (χ0) is 20.5. The Morgan fingerprint density at radius 2 is 1.90 bits per heavy atom. The second-order valence-corrected chi connectivity index (χ2v) is 7.91. The van der Waals surface area contributed by atoms with Crippen molar-refractivity contribution in [2.75, 3.05) is 25.0 Å². The summed E-state index contributed by atoms with van der Waals surface area (Å²) < 4.78 is 5.75. The molecule has 2 aromatic carbocycles. The minimum atomic E-state index is 0.00340. The van der Waals surface area contributed by atoms with Crippen LogP contribution in [-0.4, -0.2) is 31.0 Å². The number of para-hydroxylation sites is 1. The fourth-order valence-electron chi connectivity index (χ4n) is 2.86. The predicted molar refractivity (Wildman–Crippen MR) is 119 cm³/mol. The Kier molecular flexibility index (Phi) is 7.64. The van der Waals surface area contributed by atoms with Crippen molar-refractivity contribution >= 4 is 22.9 Å². The van der Waals surface area contributed by atoms with Gasteiger partial charge in [0, 0.05) is 31.2 Å². The van der Waals surface area contributed by atoms with Crippen LogP contribution in [0.4, 0.5) is 5.69 Å². The maximum Gasteiger partial charge on any atom is 0.226 e. The number of benzene rings is 2. The Morgan fingerprint density at radius 1 is 1.14 bits per heavy atom. The van der Waals surface area contributed by atoms with E-state index in [2.05, 4.69) is 34.4 Å². The van der Waals surface area contributed by atoms with E-state index in [9.17, 15) is 4.79 Å². The van der Waals surface area contributed by atoms with Crippen LogP contribution in [-0.2, 0) is 17.8 Å². The van der Waals surface area contributed by atoms with Crippen LogP contribution in [0.3, 0.4) is 0 Å². The van der Waals surface area contributed by atoms with Gasteiger partial charge in [-0.2, -0.15) is 0 Å². The van der Waals surface area contributed by atoms with Crippen LogP contribution in [0.25, 0.3) is 0 Å². The van der Waals surface area contributed by atoms with E-state index in [4.69, 9.17) is 4.74 Å². The highest BCUT2D eigenvalue weighted by Crippen LogP contribution is 2.16. The number of anilines is 1. The Hall–Kier alpha value is -2.86. The number of ether oxygens (including phenoxy) is 1. The number of aromatic nitrogens is 1. The van der Waals surface area contributed by atoms with Crippen molar-refractivity contribution in [3.63, 3.8) is 0 Å². The molecule has 0 unspecified atom stereocenters. The molecule has 29 heavy (non-hydrogen) atoms. The summed E-state index contributed by atoms with van der Waals surface area (Å²) in [4.78, 5) is 18.8. The normalized spacial score (nSPS) is 10.6. The van der Waals surface area contributed by atoms with Crippen LogP contribution in [0.5, 0.6) is 5.75 Å². The van der Waals surface area contributed by atoms with Crippen molar-refractivity contribution in [2.24, 2.45) is 0 Å². The SMILES string of the molecule is Cc1ccc(OCc2nc(CC(=O)NCCCN(C)c3ccccc3)cs2)cc1. The maximum absolute atomic E-state index is 12.2. The second-order valence-electron chi connectivity index (χ2n) is 6.97. The summed E-state index contributed by atoms with van der Waals surface area (Å²) in [7, 11) is 2.06. The molecule has 0 aliphatic rings. The van der Waals surface area contributed by atoms with E-state index >= 15 is 0 Å². The molecule has 1 heterocycles. The van der Waals surface area contributed by atoms with E-state index in [0.717, 1.165) is 29.4 Å². The largest absolute Gasteiger partial charge is 0.486 e. The van der Waals surface area contributed by atoms with Gasteiger partial charge in [0.15, 0.2) is 0 Å². The molecule has 0 aliphatic heterocycles. The Bertz CT molecular complexity index is 894. The van der Waals surface area contributed by atoms with Gasteiger partial charge in [0.05, 0.1) is 12.1 Å². The first-order chi connectivity index (χ1) is 14.1. The van der Waals surface area contributed by atoms with Crippen LogP contribution >= 0.6 is 11.3 Å². The molecule has 152 valence electrons. The monoisotopic (exact) mass is 409 g/mol. The lowest BCUT2D eigenvalue weighted by Gasteiger charge is -2.19. The summed E-state index contributed by atoms with van der Waals surface area (Å²) in [6.45, 7) is 4.01. The zero-order valence-corrected chi connectivity index (χ0v) is 17.7. The molecular weight excluding hydrogens is 382 g/mol. The number of hydrogen-bond donors (Lipinski definition) is 1. The van der Waals surface area contributed by atoms with Crippen molar-refractivity contribution < 1.29 is 9.53 Å². The third-order valence-corrected chi connectivity index (χ3v) is 5.38. The first-order valence-electron chi connectivity index (χ1n) is 9.76. The summed E-state index contributed by atoms with van der Waals surface area (Å²) in [6.07, 6.45) is 1.19. The highest BCUT2D eigenvalue weighted by molar-refractivity contribution is 7.09. The van der Waals surface area contributed by atoms with E-state index < -0.39 is 0 Å². The van der Waals surface area contributed by atoms with Gasteiger partial charge >= 0.3 is 0 Å². The van der Waals surface area contributed by atoms with Gasteiger partial charge < -0.3 is 15.0 Å². The lowest BCUT2D eigenvalue weighted by molar-refractivity contribution is -0.120. The van der Waals surface area contributed by atoms with Crippen LogP contribution in [0, 0.1) is 6.92 Å². The number of hydrogen-bond acceptors (Lipinski definition) is 5. The predicted octanol–water partition coefficient (Wildman–Crippen LogP) is 4.22. The Labute approximate surface area is 176 Å². The number of nitrogens with one attached hydrogen (secondary N) is 1. The Morgan fingerprint density at radius 3 is 2.66 bits per heavy atom. The molecule has 0 saturated carbocycles. The molecule has 1 aromatic heterocycles. The highest BCUT2D eigenvalue weighted by atomic mass is 32.1. The number of thiazole rings is 1. The minimum absolute atomic E-state index is 0.00340. The summed E-state index contributed by atoms with van der Waals surface area (Å²) in [5, 5.41) is 5.78. The van der Waals surface area contributed by atoms with Gasteiger partial charge in [-0.05, 0) is 37.6 Å². The average Bonchev–Trinajstić information content (AvgIpc) is 3.18. The van der Waals surface area contributed by atoms with Crippen LogP contribution in [0.2, 0.25) is 0 Å². The van der Waals surface area contributed by atoms with Crippen LogP contribution in [0.1, 0.15) is 22.7 Å². The standard InChI is InChI=1S/C23H27N3O2S/c1-18-9-11-21(12-10-18)28-16-23-25-19(17-29-23)15-22(27)24-13-6-14-26(2)20-7-4-3-5-8-20/h3-5,7-12,17H,6,13-16H2,1-2H3,(H,24,27). The smallest absolute Gasteiger partial charge is 0.226 e. The van der Waals surface area contributed by atoms with Gasteiger partial charge in [-0.25, -0.2) is 4.98 Å². The van der Waals surface area contributed by atoms with Gasteiger partial charge in [0.25, 0.3) is 0 Å². The van der Waals surface area contributed by atoms with Crippen LogP contribution in [0.15, 0.2) is 60.0 Å². The summed E-state index contributed by atoms with van der Waals surface area (Å²) in [5.74, 6) is 0.828. The highest BCUT2D eigenvalue weighted by Gasteiger charge is 2.08. The third kappa shape index (κ3) is 6.91. The molecule has 0 aliphatic carbocycles. The summed E-state index contributed by atoms with van der Waals surface area (Å²) in [6, 6.07) is 18.2. The molecule has 0 bridgehead atoms. The fourth-order valence-corrected chi connectivity index (χ4v) is 3.56. The fraction of sp³-hybridized carbons (Fsp3) is 0.304. The second kappa shape index (κ2) is 10.6. The number of aryl methyl sites for hydroxylation is 1. The van der Waals surface area contributed by atoms with Crippen molar-refractivity contribution in [3.8, 4) is 5.75 Å². The Balaban J connectivity index is 1.35. The molecule has 0 radical (unpaired) electrons. The van der Waals surface area contributed by atoms with E-state index in [1.807, 2.05) is 54.8 Å². The molecule has 3 aromatic rings. The lowest BCUT2D eigenvalue weighted by Crippen LogP contribution is -2.29. The molecule has 0 spiro atoms. The molecular formula is C23H27N3O2S. The van der Waals surface area contributed by atoms with Gasteiger partial charge in [0.2, 0.25) is 5.91 Å². The molecule has 6 heteroatoms. The summed E-state index contributed by atoms with van der Waals surface area (Å²) in [5.41, 5.74) is 3.17. The molecule has 0 saturated heterocycles. The topological polar surface area (TPSA) is 54.5 Å². The first-order valence-corrected chi connectivity index (χ1v) is 10.6. The van der Waals surface area contributed by atoms with Crippen LogP contribution < -0.4 is 15.0 Å². The van der Waals surface area contributed by atoms with E-state index in [-0.39, 0.29) is 5.91 Å². The van der Waals surface area contributed by atoms with Crippen molar-refractivity contribution in [2.45, 2.75) is 26.4 Å². The van der Waals surface area contributed by atoms with Crippen molar-refractivity contribution in [1.82, 2.24) is 10.3 Å². The van der Waals surface area contributed by atoms with E-state index in [0.29, 0.717) is 19.6 Å². The molecule has 3 rings (SSSR count). The number of rotatable bonds is 10. The summed E-state index contributed by atoms with van der Waals surface area (Å²) >= 11 is 1.52. The third-order valence-electron chi connectivity index (χ3n) is 4.51. The molecule has 1 N–H and O–H groups in total. The number of carbonyl (C=O) groups is 1. The lowest BCUT2D eigenvalue weighted by atomic mass is 10.2. The van der Waals surface area contributed by atoms with Gasteiger partial charge in [-0.1, -0.05) is 35.9 Å². The average molecular weight is 410 g/mol. The van der Waals surface area contributed by atoms with Crippen molar-refractivity contribution in [1.29, 1.82) is 0 Å². The quantitative estimate of drug-likeness (QED) is 0.510. The van der Waals surface area contributed by atoms with E-state index in [1.54, 1.807) is 0 Å². The van der Waals surface area contributed by atoms with Gasteiger partial charge in [0.1, 0.15) is 17.4 Å². The molecule has 0 atom stereocenters. The molecule has 0 fully saturated rings. The number of nitrogens with zero attached hydrogens (tertiary/aromatic N) is 2. The molecule has 5 nitrogen and oxygen atoms in total.